The Labute approximate surface area is 133 Å². The van der Waals surface area contributed by atoms with Crippen LogP contribution in [0.25, 0.3) is 0 Å². The smallest absolute Gasteiger partial charge is 0.224 e. The first-order valence-electron chi connectivity index (χ1n) is 8.26. The number of likely N-dealkylation sites (tertiary alicyclic amines) is 1. The Hall–Kier alpha value is -1.39. The van der Waals surface area contributed by atoms with Crippen molar-refractivity contribution in [1.29, 1.82) is 0 Å². The van der Waals surface area contributed by atoms with Crippen molar-refractivity contribution in [1.82, 2.24) is 4.90 Å². The number of hydrogen-bond donors (Lipinski definition) is 1. The molecule has 1 amide bonds. The van der Waals surface area contributed by atoms with Gasteiger partial charge in [-0.25, -0.2) is 0 Å². The highest BCUT2D eigenvalue weighted by molar-refractivity contribution is 5.77. The lowest BCUT2D eigenvalue weighted by Crippen LogP contribution is -2.32. The monoisotopic (exact) mass is 304 g/mol. The molecule has 1 aliphatic rings. The van der Waals surface area contributed by atoms with Gasteiger partial charge >= 0.3 is 0 Å². The molecule has 2 rings (SSSR count). The number of hydrogen-bond acceptors (Lipinski definition) is 3. The van der Waals surface area contributed by atoms with E-state index in [1.54, 1.807) is 0 Å². The molecule has 22 heavy (non-hydrogen) atoms. The zero-order valence-corrected chi connectivity index (χ0v) is 13.7. The standard InChI is InChI=1S/C18H28N2O2/c1-14(2)9-11-22-16-8-10-20(13-16)18(21)12-17(19)15-6-4-3-5-7-15/h3-7,14,16-17H,8-13,19H2,1-2H3. The Balaban J connectivity index is 1.75. The number of nitrogens with two attached hydrogens (primary N) is 1. The van der Waals surface area contributed by atoms with Crippen LogP contribution in [0.15, 0.2) is 30.3 Å². The van der Waals surface area contributed by atoms with Crippen molar-refractivity contribution in [2.24, 2.45) is 11.7 Å². The summed E-state index contributed by atoms with van der Waals surface area (Å²) in [5.74, 6) is 0.786. The van der Waals surface area contributed by atoms with E-state index in [-0.39, 0.29) is 18.1 Å². The highest BCUT2D eigenvalue weighted by Crippen LogP contribution is 2.19. The number of amides is 1. The van der Waals surface area contributed by atoms with Crippen LogP contribution in [-0.4, -0.2) is 36.6 Å². The van der Waals surface area contributed by atoms with E-state index in [9.17, 15) is 4.79 Å². The molecule has 2 unspecified atom stereocenters. The first kappa shape index (κ1) is 17.0. The number of benzene rings is 1. The van der Waals surface area contributed by atoms with Gasteiger partial charge in [-0.05, 0) is 24.3 Å². The third kappa shape index (κ3) is 5.11. The van der Waals surface area contributed by atoms with Gasteiger partial charge in [-0.15, -0.1) is 0 Å². The van der Waals surface area contributed by atoms with Crippen molar-refractivity contribution in [3.63, 3.8) is 0 Å². The van der Waals surface area contributed by atoms with Crippen LogP contribution >= 0.6 is 0 Å². The van der Waals surface area contributed by atoms with Crippen LogP contribution in [0.4, 0.5) is 0 Å². The molecule has 0 saturated carbocycles. The molecular formula is C18H28N2O2. The second-order valence-corrected chi connectivity index (χ2v) is 6.53. The van der Waals surface area contributed by atoms with Crippen LogP contribution in [0, 0.1) is 5.92 Å². The summed E-state index contributed by atoms with van der Waals surface area (Å²) in [6.45, 7) is 6.66. The predicted octanol–water partition coefficient (Wildman–Crippen LogP) is 2.74. The quantitative estimate of drug-likeness (QED) is 0.842. The normalized spacial score (nSPS) is 19.6. The number of nitrogens with zero attached hydrogens (tertiary/aromatic N) is 1. The second-order valence-electron chi connectivity index (χ2n) is 6.53. The molecule has 0 bridgehead atoms. The maximum absolute atomic E-state index is 12.3. The molecule has 0 aromatic heterocycles. The second kappa shape index (κ2) is 8.30. The van der Waals surface area contributed by atoms with Crippen molar-refractivity contribution in [2.75, 3.05) is 19.7 Å². The summed E-state index contributed by atoms with van der Waals surface area (Å²) in [7, 11) is 0. The average molecular weight is 304 g/mol. The van der Waals surface area contributed by atoms with E-state index in [2.05, 4.69) is 13.8 Å². The van der Waals surface area contributed by atoms with Gasteiger partial charge in [0.25, 0.3) is 0 Å². The van der Waals surface area contributed by atoms with Crippen molar-refractivity contribution >= 4 is 5.91 Å². The van der Waals surface area contributed by atoms with Gasteiger partial charge < -0.3 is 15.4 Å². The fourth-order valence-corrected chi connectivity index (χ4v) is 2.70. The molecule has 1 heterocycles. The third-order valence-electron chi connectivity index (χ3n) is 4.17. The lowest BCUT2D eigenvalue weighted by Gasteiger charge is -2.19. The summed E-state index contributed by atoms with van der Waals surface area (Å²) in [5.41, 5.74) is 7.15. The van der Waals surface area contributed by atoms with Gasteiger partial charge in [-0.1, -0.05) is 44.2 Å². The maximum Gasteiger partial charge on any atom is 0.224 e. The highest BCUT2D eigenvalue weighted by Gasteiger charge is 2.27. The van der Waals surface area contributed by atoms with Crippen LogP contribution in [-0.2, 0) is 9.53 Å². The molecule has 1 aromatic carbocycles. The Morgan fingerprint density at radius 3 is 2.77 bits per heavy atom. The molecule has 0 spiro atoms. The van der Waals surface area contributed by atoms with E-state index in [0.29, 0.717) is 18.9 Å². The summed E-state index contributed by atoms with van der Waals surface area (Å²) in [6, 6.07) is 9.58. The molecule has 4 heteroatoms. The number of carbonyl (C=O) groups excluding carboxylic acids is 1. The van der Waals surface area contributed by atoms with Crippen LogP contribution in [0.2, 0.25) is 0 Å². The Bertz CT molecular complexity index is 461. The van der Waals surface area contributed by atoms with Crippen molar-refractivity contribution in [3.8, 4) is 0 Å². The van der Waals surface area contributed by atoms with E-state index < -0.39 is 0 Å². The zero-order chi connectivity index (χ0) is 15.9. The van der Waals surface area contributed by atoms with Crippen molar-refractivity contribution in [2.45, 2.75) is 45.3 Å². The maximum atomic E-state index is 12.3. The van der Waals surface area contributed by atoms with Gasteiger partial charge in [0.1, 0.15) is 0 Å². The molecule has 2 N–H and O–H groups in total. The third-order valence-corrected chi connectivity index (χ3v) is 4.17. The first-order chi connectivity index (χ1) is 10.6. The predicted molar refractivity (Wildman–Crippen MR) is 88.4 cm³/mol. The molecule has 4 nitrogen and oxygen atoms in total. The number of carbonyl (C=O) groups is 1. The molecule has 0 radical (unpaired) electrons. The Morgan fingerprint density at radius 2 is 2.09 bits per heavy atom. The van der Waals surface area contributed by atoms with E-state index in [1.807, 2.05) is 35.2 Å². The van der Waals surface area contributed by atoms with E-state index in [4.69, 9.17) is 10.5 Å². The minimum absolute atomic E-state index is 0.131. The van der Waals surface area contributed by atoms with Gasteiger partial charge in [-0.2, -0.15) is 0 Å². The van der Waals surface area contributed by atoms with Gasteiger partial charge in [0.15, 0.2) is 0 Å². The molecule has 2 atom stereocenters. The van der Waals surface area contributed by atoms with Gasteiger partial charge in [0.05, 0.1) is 6.10 Å². The minimum atomic E-state index is -0.227. The Kier molecular flexibility index (Phi) is 6.40. The fourth-order valence-electron chi connectivity index (χ4n) is 2.70. The first-order valence-corrected chi connectivity index (χ1v) is 8.26. The van der Waals surface area contributed by atoms with Gasteiger partial charge in [0.2, 0.25) is 5.91 Å². The largest absolute Gasteiger partial charge is 0.376 e. The van der Waals surface area contributed by atoms with Crippen LogP contribution in [0.3, 0.4) is 0 Å². The molecular weight excluding hydrogens is 276 g/mol. The molecule has 1 aliphatic heterocycles. The fraction of sp³-hybridized carbons (Fsp3) is 0.611. The van der Waals surface area contributed by atoms with Crippen molar-refractivity contribution in [3.05, 3.63) is 35.9 Å². The van der Waals surface area contributed by atoms with Crippen LogP contribution in [0.1, 0.15) is 44.7 Å². The molecule has 1 fully saturated rings. The number of rotatable bonds is 7. The summed E-state index contributed by atoms with van der Waals surface area (Å²) >= 11 is 0. The summed E-state index contributed by atoms with van der Waals surface area (Å²) in [4.78, 5) is 14.2. The zero-order valence-electron chi connectivity index (χ0n) is 13.7. The topological polar surface area (TPSA) is 55.6 Å². The number of ether oxygens (including phenoxy) is 1. The molecule has 1 aromatic rings. The summed E-state index contributed by atoms with van der Waals surface area (Å²) in [5, 5.41) is 0. The lowest BCUT2D eigenvalue weighted by atomic mass is 10.0. The molecule has 0 aliphatic carbocycles. The van der Waals surface area contributed by atoms with E-state index >= 15 is 0 Å². The summed E-state index contributed by atoms with van der Waals surface area (Å²) < 4.78 is 5.86. The van der Waals surface area contributed by atoms with Crippen LogP contribution in [0.5, 0.6) is 0 Å². The van der Waals surface area contributed by atoms with Crippen molar-refractivity contribution < 1.29 is 9.53 Å². The average Bonchev–Trinajstić information content (AvgIpc) is 2.96. The van der Waals surface area contributed by atoms with Gasteiger partial charge in [-0.3, -0.25) is 4.79 Å². The highest BCUT2D eigenvalue weighted by atomic mass is 16.5. The van der Waals surface area contributed by atoms with Gasteiger partial charge in [0, 0.05) is 32.2 Å². The minimum Gasteiger partial charge on any atom is -0.376 e. The van der Waals surface area contributed by atoms with Crippen LogP contribution < -0.4 is 5.73 Å². The van der Waals surface area contributed by atoms with E-state index in [1.165, 1.54) is 0 Å². The lowest BCUT2D eigenvalue weighted by molar-refractivity contribution is -0.131. The molecule has 1 saturated heterocycles. The SMILES string of the molecule is CC(C)CCOC1CCN(C(=O)CC(N)c2ccccc2)C1. The Morgan fingerprint density at radius 1 is 1.36 bits per heavy atom. The summed E-state index contributed by atoms with van der Waals surface area (Å²) in [6.07, 6.45) is 2.56. The molecule has 122 valence electrons. The van der Waals surface area contributed by atoms with E-state index in [0.717, 1.165) is 31.6 Å².